The molecule has 0 radical (unpaired) electrons. The van der Waals surface area contributed by atoms with Crippen LogP contribution < -0.4 is 0 Å². The molecule has 14 unspecified atom stereocenters. The Morgan fingerprint density at radius 2 is 1.55 bits per heavy atom. The largest absolute Gasteiger partial charge is 0.394 e. The fourth-order valence-corrected chi connectivity index (χ4v) is 5.93. The molecule has 1 saturated carbocycles. The first kappa shape index (κ1) is 30.5. The molecule has 4 rings (SSSR count). The van der Waals surface area contributed by atoms with Gasteiger partial charge < -0.3 is 58.7 Å². The standard InChI is InChI=1S/C26H46O12/c1-13-7-6-9-16(22(13)38-25-21(31)20(30)18(28)14(2)34-25)36-26-24-23(19(29)17(11-27)37-26)35-15(12-32-3)8-4-5-10-33-24/h13-31H,4-12H2,1-3H3. The van der Waals surface area contributed by atoms with E-state index in [-0.39, 0.29) is 12.0 Å². The number of hydrogen-bond acceptors (Lipinski definition) is 12. The minimum Gasteiger partial charge on any atom is -0.394 e. The van der Waals surface area contributed by atoms with Crippen molar-refractivity contribution in [3.8, 4) is 0 Å². The molecule has 12 heteroatoms. The van der Waals surface area contributed by atoms with Crippen molar-refractivity contribution in [2.45, 2.75) is 132 Å². The second kappa shape index (κ2) is 13.9. The van der Waals surface area contributed by atoms with Crippen molar-refractivity contribution in [2.24, 2.45) is 5.92 Å². The second-order valence-electron chi connectivity index (χ2n) is 11.1. The van der Waals surface area contributed by atoms with Gasteiger partial charge in [0, 0.05) is 13.7 Å². The van der Waals surface area contributed by atoms with Crippen LogP contribution >= 0.6 is 0 Å². The quantitative estimate of drug-likeness (QED) is 0.275. The summed E-state index contributed by atoms with van der Waals surface area (Å²) in [6, 6.07) is 0. The van der Waals surface area contributed by atoms with Crippen molar-refractivity contribution in [2.75, 3.05) is 26.9 Å². The molecular formula is C26H46O12. The fraction of sp³-hybridized carbons (Fsp3) is 1.00. The smallest absolute Gasteiger partial charge is 0.187 e. The van der Waals surface area contributed by atoms with Gasteiger partial charge in [0.2, 0.25) is 0 Å². The van der Waals surface area contributed by atoms with Crippen LogP contribution in [0, 0.1) is 5.92 Å². The van der Waals surface area contributed by atoms with Crippen molar-refractivity contribution in [3.05, 3.63) is 0 Å². The highest BCUT2D eigenvalue weighted by atomic mass is 16.7. The van der Waals surface area contributed by atoms with Gasteiger partial charge in [-0.15, -0.1) is 0 Å². The van der Waals surface area contributed by atoms with E-state index in [1.807, 2.05) is 6.92 Å². The molecule has 0 spiro atoms. The average molecular weight is 551 g/mol. The summed E-state index contributed by atoms with van der Waals surface area (Å²) in [7, 11) is 1.60. The zero-order valence-corrected chi connectivity index (χ0v) is 22.5. The molecule has 0 bridgehead atoms. The Morgan fingerprint density at radius 3 is 2.29 bits per heavy atom. The molecule has 14 atom stereocenters. The van der Waals surface area contributed by atoms with E-state index in [0.29, 0.717) is 19.6 Å². The number of aliphatic hydroxyl groups excluding tert-OH is 5. The van der Waals surface area contributed by atoms with Crippen molar-refractivity contribution in [3.63, 3.8) is 0 Å². The fourth-order valence-electron chi connectivity index (χ4n) is 5.93. The maximum absolute atomic E-state index is 11.0. The van der Waals surface area contributed by atoms with Crippen molar-refractivity contribution in [1.29, 1.82) is 0 Å². The highest BCUT2D eigenvalue weighted by Crippen LogP contribution is 2.36. The molecule has 12 nitrogen and oxygen atoms in total. The Morgan fingerprint density at radius 1 is 0.763 bits per heavy atom. The van der Waals surface area contributed by atoms with E-state index in [0.717, 1.165) is 32.1 Å². The van der Waals surface area contributed by atoms with Crippen molar-refractivity contribution in [1.82, 2.24) is 0 Å². The number of hydrogen-bond donors (Lipinski definition) is 5. The summed E-state index contributed by atoms with van der Waals surface area (Å²) in [5.74, 6) is 0.0336. The predicted octanol–water partition coefficient (Wildman–Crippen LogP) is -0.548. The Kier molecular flexibility index (Phi) is 11.2. The number of aliphatic hydroxyl groups is 5. The van der Waals surface area contributed by atoms with Gasteiger partial charge in [0.25, 0.3) is 0 Å². The molecular weight excluding hydrogens is 504 g/mol. The van der Waals surface area contributed by atoms with Crippen molar-refractivity contribution >= 4 is 0 Å². The number of rotatable bonds is 7. The third-order valence-corrected chi connectivity index (χ3v) is 8.22. The van der Waals surface area contributed by atoms with Crippen LogP contribution in [0.5, 0.6) is 0 Å². The topological polar surface area (TPSA) is 166 Å². The van der Waals surface area contributed by atoms with E-state index >= 15 is 0 Å². The van der Waals surface area contributed by atoms with Gasteiger partial charge in [0.1, 0.15) is 42.7 Å². The molecule has 5 N–H and O–H groups in total. The maximum Gasteiger partial charge on any atom is 0.187 e. The van der Waals surface area contributed by atoms with Gasteiger partial charge in [-0.05, 0) is 44.9 Å². The van der Waals surface area contributed by atoms with E-state index in [2.05, 4.69) is 0 Å². The Hall–Kier alpha value is -0.480. The molecule has 0 aromatic rings. The van der Waals surface area contributed by atoms with Crippen LogP contribution in [0.1, 0.15) is 52.4 Å². The lowest BCUT2D eigenvalue weighted by atomic mass is 9.85. The Labute approximate surface area is 224 Å². The van der Waals surface area contributed by atoms with Crippen LogP contribution in [-0.2, 0) is 33.2 Å². The van der Waals surface area contributed by atoms with Gasteiger partial charge in [-0.3, -0.25) is 0 Å². The third-order valence-electron chi connectivity index (χ3n) is 8.22. The summed E-state index contributed by atoms with van der Waals surface area (Å²) < 4.78 is 42.2. The Bertz CT molecular complexity index is 714. The van der Waals surface area contributed by atoms with Gasteiger partial charge in [-0.1, -0.05) is 13.3 Å². The van der Waals surface area contributed by atoms with E-state index in [1.165, 1.54) is 0 Å². The van der Waals surface area contributed by atoms with Crippen molar-refractivity contribution < 1.29 is 58.7 Å². The van der Waals surface area contributed by atoms with E-state index in [4.69, 9.17) is 33.2 Å². The molecule has 0 aromatic carbocycles. The monoisotopic (exact) mass is 550 g/mol. The molecule has 3 saturated heterocycles. The van der Waals surface area contributed by atoms with Gasteiger partial charge in [0.15, 0.2) is 12.6 Å². The first-order chi connectivity index (χ1) is 18.2. The lowest BCUT2D eigenvalue weighted by Gasteiger charge is -2.47. The summed E-state index contributed by atoms with van der Waals surface area (Å²) in [5, 5.41) is 51.8. The molecule has 1 aliphatic carbocycles. The Balaban J connectivity index is 1.52. The van der Waals surface area contributed by atoms with Crippen LogP contribution in [0.4, 0.5) is 0 Å². The highest BCUT2D eigenvalue weighted by molar-refractivity contribution is 4.95. The second-order valence-corrected chi connectivity index (χ2v) is 11.1. The first-order valence-corrected chi connectivity index (χ1v) is 14.0. The maximum atomic E-state index is 11.0. The molecule has 222 valence electrons. The zero-order valence-electron chi connectivity index (χ0n) is 22.5. The summed E-state index contributed by atoms with van der Waals surface area (Å²) >= 11 is 0. The molecule has 3 heterocycles. The van der Waals surface area contributed by atoms with Crippen LogP contribution in [0.3, 0.4) is 0 Å². The summed E-state index contributed by atoms with van der Waals surface area (Å²) in [5.41, 5.74) is 0. The van der Waals surface area contributed by atoms with Crippen LogP contribution in [0.2, 0.25) is 0 Å². The van der Waals surface area contributed by atoms with Gasteiger partial charge in [0.05, 0.1) is 37.6 Å². The third kappa shape index (κ3) is 6.87. The molecule has 4 fully saturated rings. The SMILES string of the molecule is COCC1CCCCOC2C(OC3CCCC(C)C3OC3OC(C)C(O)C(O)C3O)OC(CO)C(O)C2O1. The lowest BCUT2D eigenvalue weighted by molar-refractivity contribution is -0.352. The zero-order chi connectivity index (χ0) is 27.4. The number of methoxy groups -OCH3 is 1. The first-order valence-electron chi connectivity index (χ1n) is 14.0. The van der Waals surface area contributed by atoms with E-state index in [9.17, 15) is 25.5 Å². The lowest BCUT2D eigenvalue weighted by Crippen LogP contribution is -2.63. The summed E-state index contributed by atoms with van der Waals surface area (Å²) in [6.45, 7) is 4.00. The normalized spacial score (nSPS) is 48.9. The predicted molar refractivity (Wildman–Crippen MR) is 131 cm³/mol. The van der Waals surface area contributed by atoms with Crippen LogP contribution in [0.15, 0.2) is 0 Å². The van der Waals surface area contributed by atoms with Crippen LogP contribution in [0.25, 0.3) is 0 Å². The summed E-state index contributed by atoms with van der Waals surface area (Å²) in [6.07, 6.45) is -6.95. The number of fused-ring (bicyclic) bond motifs is 1. The highest BCUT2D eigenvalue weighted by Gasteiger charge is 2.51. The number of ether oxygens (including phenoxy) is 7. The average Bonchev–Trinajstić information content (AvgIpc) is 3.00. The molecule has 3 aliphatic heterocycles. The van der Waals surface area contributed by atoms with Gasteiger partial charge in [-0.25, -0.2) is 0 Å². The van der Waals surface area contributed by atoms with E-state index in [1.54, 1.807) is 14.0 Å². The van der Waals surface area contributed by atoms with Crippen LogP contribution in [-0.4, -0.2) is 132 Å². The minimum absolute atomic E-state index is 0.0336. The summed E-state index contributed by atoms with van der Waals surface area (Å²) in [4.78, 5) is 0. The molecule has 4 aliphatic rings. The molecule has 0 amide bonds. The molecule has 0 aromatic heterocycles. The van der Waals surface area contributed by atoms with Gasteiger partial charge >= 0.3 is 0 Å². The van der Waals surface area contributed by atoms with E-state index < -0.39 is 80.2 Å². The molecule has 38 heavy (non-hydrogen) atoms. The van der Waals surface area contributed by atoms with Gasteiger partial charge in [-0.2, -0.15) is 0 Å². The minimum atomic E-state index is -1.43.